The van der Waals surface area contributed by atoms with Crippen molar-refractivity contribution in [2.24, 2.45) is 5.92 Å². The molecule has 1 aliphatic rings. The molecule has 2 N–H and O–H groups in total. The third-order valence-corrected chi connectivity index (χ3v) is 3.19. The van der Waals surface area contributed by atoms with Gasteiger partial charge in [-0.15, -0.1) is 0 Å². The van der Waals surface area contributed by atoms with Crippen LogP contribution in [0, 0.1) is 5.92 Å². The molecule has 0 aromatic rings. The summed E-state index contributed by atoms with van der Waals surface area (Å²) in [6.07, 6.45) is 7.97. The van der Waals surface area contributed by atoms with Gasteiger partial charge in [0.2, 0.25) is 0 Å². The molecule has 1 fully saturated rings. The number of rotatable bonds is 7. The molecule has 1 atom stereocenters. The Bertz CT molecular complexity index is 147. The molecule has 1 aliphatic carbocycles. The van der Waals surface area contributed by atoms with E-state index in [4.69, 9.17) is 4.74 Å². The number of ether oxygens (including phenoxy) is 1. The predicted octanol–water partition coefficient (Wildman–Crippen LogP) is 1.55. The van der Waals surface area contributed by atoms with Gasteiger partial charge in [0.25, 0.3) is 0 Å². The van der Waals surface area contributed by atoms with Crippen LogP contribution >= 0.6 is 0 Å². The van der Waals surface area contributed by atoms with E-state index in [1.807, 2.05) is 0 Å². The quantitative estimate of drug-likeness (QED) is 0.633. The number of methoxy groups -OCH3 is 1. The monoisotopic (exact) mass is 215 g/mol. The van der Waals surface area contributed by atoms with Gasteiger partial charge in [0.15, 0.2) is 0 Å². The van der Waals surface area contributed by atoms with Crippen molar-refractivity contribution in [1.29, 1.82) is 0 Å². The van der Waals surface area contributed by atoms with Crippen LogP contribution in [0.3, 0.4) is 0 Å². The first-order chi connectivity index (χ1) is 7.33. The molecular weight excluding hydrogens is 190 g/mol. The number of nitrogens with one attached hydrogen (secondary N) is 1. The van der Waals surface area contributed by atoms with E-state index in [0.717, 1.165) is 12.5 Å². The number of aliphatic hydroxyl groups excluding tert-OH is 1. The van der Waals surface area contributed by atoms with Crippen molar-refractivity contribution < 1.29 is 9.84 Å². The van der Waals surface area contributed by atoms with Gasteiger partial charge in [0.1, 0.15) is 0 Å². The second-order valence-corrected chi connectivity index (χ2v) is 4.61. The first-order valence-electron chi connectivity index (χ1n) is 6.20. The molecule has 0 radical (unpaired) electrons. The lowest BCUT2D eigenvalue weighted by Gasteiger charge is -2.21. The Morgan fingerprint density at radius 3 is 2.73 bits per heavy atom. The maximum Gasteiger partial charge on any atom is 0.0897 e. The van der Waals surface area contributed by atoms with E-state index in [1.165, 1.54) is 38.5 Å². The van der Waals surface area contributed by atoms with Gasteiger partial charge in [-0.25, -0.2) is 0 Å². The normalized spacial score (nSPS) is 20.4. The Labute approximate surface area is 93.2 Å². The first-order valence-corrected chi connectivity index (χ1v) is 6.20. The molecule has 0 aliphatic heterocycles. The highest BCUT2D eigenvalue weighted by atomic mass is 16.5. The fourth-order valence-electron chi connectivity index (χ4n) is 2.30. The number of hydrogen-bond acceptors (Lipinski definition) is 3. The van der Waals surface area contributed by atoms with Gasteiger partial charge in [-0.05, 0) is 18.9 Å². The Balaban J connectivity index is 1.91. The SMILES string of the molecule is COCC(O)CNCCC1CCCCC1. The van der Waals surface area contributed by atoms with Crippen molar-refractivity contribution in [3.05, 3.63) is 0 Å². The average molecular weight is 215 g/mol. The maximum absolute atomic E-state index is 9.40. The van der Waals surface area contributed by atoms with Gasteiger partial charge >= 0.3 is 0 Å². The molecule has 3 nitrogen and oxygen atoms in total. The summed E-state index contributed by atoms with van der Waals surface area (Å²) in [5, 5.41) is 12.7. The third-order valence-electron chi connectivity index (χ3n) is 3.19. The minimum atomic E-state index is -0.360. The van der Waals surface area contributed by atoms with Crippen molar-refractivity contribution in [1.82, 2.24) is 5.32 Å². The molecule has 15 heavy (non-hydrogen) atoms. The summed E-state index contributed by atoms with van der Waals surface area (Å²) in [6, 6.07) is 0. The van der Waals surface area contributed by atoms with Crippen LogP contribution in [0.25, 0.3) is 0 Å². The molecule has 0 aromatic heterocycles. The molecule has 3 heteroatoms. The van der Waals surface area contributed by atoms with Gasteiger partial charge < -0.3 is 15.2 Å². The van der Waals surface area contributed by atoms with Gasteiger partial charge in [-0.1, -0.05) is 32.1 Å². The molecule has 90 valence electrons. The van der Waals surface area contributed by atoms with Gasteiger partial charge in [0.05, 0.1) is 12.7 Å². The van der Waals surface area contributed by atoms with E-state index in [-0.39, 0.29) is 6.10 Å². The molecule has 1 unspecified atom stereocenters. The summed E-state index contributed by atoms with van der Waals surface area (Å²) in [7, 11) is 1.62. The fourth-order valence-corrected chi connectivity index (χ4v) is 2.30. The Morgan fingerprint density at radius 2 is 2.07 bits per heavy atom. The van der Waals surface area contributed by atoms with Crippen LogP contribution in [0.4, 0.5) is 0 Å². The van der Waals surface area contributed by atoms with Crippen molar-refractivity contribution in [3.8, 4) is 0 Å². The standard InChI is InChI=1S/C12H25NO2/c1-15-10-12(14)9-13-8-7-11-5-3-2-4-6-11/h11-14H,2-10H2,1H3. The molecule has 0 spiro atoms. The summed E-state index contributed by atoms with van der Waals surface area (Å²) in [5.74, 6) is 0.922. The minimum absolute atomic E-state index is 0.360. The Morgan fingerprint density at radius 1 is 1.33 bits per heavy atom. The highest BCUT2D eigenvalue weighted by Crippen LogP contribution is 2.25. The van der Waals surface area contributed by atoms with Crippen LogP contribution in [0.15, 0.2) is 0 Å². The summed E-state index contributed by atoms with van der Waals surface area (Å²) < 4.78 is 4.86. The predicted molar refractivity (Wildman–Crippen MR) is 61.9 cm³/mol. The van der Waals surface area contributed by atoms with Crippen LogP contribution in [0.1, 0.15) is 38.5 Å². The number of hydrogen-bond donors (Lipinski definition) is 2. The lowest BCUT2D eigenvalue weighted by atomic mass is 9.87. The van der Waals surface area contributed by atoms with Crippen molar-refractivity contribution >= 4 is 0 Å². The second kappa shape index (κ2) is 8.08. The van der Waals surface area contributed by atoms with Crippen molar-refractivity contribution in [2.45, 2.75) is 44.6 Å². The zero-order valence-corrected chi connectivity index (χ0v) is 9.87. The Kier molecular flexibility index (Phi) is 6.98. The molecule has 1 rings (SSSR count). The molecular formula is C12H25NO2. The highest BCUT2D eigenvalue weighted by molar-refractivity contribution is 4.67. The first kappa shape index (κ1) is 12.9. The van der Waals surface area contributed by atoms with Crippen LogP contribution in [-0.4, -0.2) is 38.0 Å². The zero-order valence-electron chi connectivity index (χ0n) is 9.87. The van der Waals surface area contributed by atoms with Crippen molar-refractivity contribution in [3.63, 3.8) is 0 Å². The third kappa shape index (κ3) is 6.13. The maximum atomic E-state index is 9.40. The molecule has 0 aromatic carbocycles. The molecule has 0 heterocycles. The minimum Gasteiger partial charge on any atom is -0.389 e. The van der Waals surface area contributed by atoms with E-state index in [9.17, 15) is 5.11 Å². The summed E-state index contributed by atoms with van der Waals surface area (Å²) in [5.41, 5.74) is 0. The van der Waals surface area contributed by atoms with E-state index in [2.05, 4.69) is 5.32 Å². The second-order valence-electron chi connectivity index (χ2n) is 4.61. The van der Waals surface area contributed by atoms with Crippen LogP contribution < -0.4 is 5.32 Å². The van der Waals surface area contributed by atoms with Gasteiger partial charge in [0, 0.05) is 13.7 Å². The molecule has 0 amide bonds. The molecule has 0 saturated heterocycles. The lowest BCUT2D eigenvalue weighted by molar-refractivity contribution is 0.0644. The van der Waals surface area contributed by atoms with Gasteiger partial charge in [-0.2, -0.15) is 0 Å². The van der Waals surface area contributed by atoms with E-state index in [0.29, 0.717) is 13.2 Å². The topological polar surface area (TPSA) is 41.5 Å². The lowest BCUT2D eigenvalue weighted by Crippen LogP contribution is -2.31. The average Bonchev–Trinajstić information content (AvgIpc) is 2.26. The van der Waals surface area contributed by atoms with Gasteiger partial charge in [-0.3, -0.25) is 0 Å². The Hall–Kier alpha value is -0.120. The fraction of sp³-hybridized carbons (Fsp3) is 1.00. The van der Waals surface area contributed by atoms with E-state index >= 15 is 0 Å². The van der Waals surface area contributed by atoms with E-state index < -0.39 is 0 Å². The number of aliphatic hydroxyl groups is 1. The van der Waals surface area contributed by atoms with Crippen LogP contribution in [-0.2, 0) is 4.74 Å². The highest BCUT2D eigenvalue weighted by Gasteiger charge is 2.12. The van der Waals surface area contributed by atoms with Crippen molar-refractivity contribution in [2.75, 3.05) is 26.8 Å². The summed E-state index contributed by atoms with van der Waals surface area (Å²) in [6.45, 7) is 2.11. The van der Waals surface area contributed by atoms with Crippen LogP contribution in [0.2, 0.25) is 0 Å². The smallest absolute Gasteiger partial charge is 0.0897 e. The summed E-state index contributed by atoms with van der Waals surface area (Å²) in [4.78, 5) is 0. The van der Waals surface area contributed by atoms with Crippen LogP contribution in [0.5, 0.6) is 0 Å². The van der Waals surface area contributed by atoms with E-state index in [1.54, 1.807) is 7.11 Å². The summed E-state index contributed by atoms with van der Waals surface area (Å²) >= 11 is 0. The molecule has 1 saturated carbocycles. The largest absolute Gasteiger partial charge is 0.389 e. The molecule has 0 bridgehead atoms. The zero-order chi connectivity index (χ0) is 10.9.